The molecule has 3 aromatic carbocycles. The van der Waals surface area contributed by atoms with Gasteiger partial charge in [0.05, 0.1) is 36.6 Å². The number of anilines is 1. The van der Waals surface area contributed by atoms with Crippen molar-refractivity contribution in [1.82, 2.24) is 9.55 Å². The molecule has 0 spiro atoms. The van der Waals surface area contributed by atoms with Crippen molar-refractivity contribution in [3.05, 3.63) is 112 Å². The number of hydrogen-bond donors (Lipinski definition) is 2. The number of nitrogens with one attached hydrogen (secondary N) is 1. The predicted octanol–water partition coefficient (Wildman–Crippen LogP) is 5.97. The summed E-state index contributed by atoms with van der Waals surface area (Å²) in [5.41, 5.74) is 2.75. The topological polar surface area (TPSA) is 103 Å². The maximum atomic E-state index is 12.9. The fourth-order valence-electron chi connectivity index (χ4n) is 4.55. The lowest BCUT2D eigenvalue weighted by atomic mass is 9.90. The Kier molecular flexibility index (Phi) is 8.27. The molecule has 0 radical (unpaired) electrons. The summed E-state index contributed by atoms with van der Waals surface area (Å²) in [5, 5.41) is 9.99. The van der Waals surface area contributed by atoms with Crippen molar-refractivity contribution in [2.45, 2.75) is 43.5 Å². The molecular formula is C28H27Cl2N3O5S. The summed E-state index contributed by atoms with van der Waals surface area (Å²) in [4.78, 5) is 4.24. The minimum Gasteiger partial charge on any atom is -0.392 e. The number of imidazole rings is 1. The zero-order valence-corrected chi connectivity index (χ0v) is 23.3. The van der Waals surface area contributed by atoms with E-state index in [-0.39, 0.29) is 34.8 Å². The lowest BCUT2D eigenvalue weighted by Gasteiger charge is -2.41. The Bertz CT molecular complexity index is 1530. The van der Waals surface area contributed by atoms with E-state index < -0.39 is 16.3 Å². The van der Waals surface area contributed by atoms with E-state index in [1.165, 1.54) is 12.1 Å². The van der Waals surface area contributed by atoms with Crippen LogP contribution in [0.15, 0.2) is 90.1 Å². The quantitative estimate of drug-likeness (QED) is 0.263. The molecule has 2 heterocycles. The third-order valence-electron chi connectivity index (χ3n) is 6.70. The number of aliphatic hydroxyl groups is 1. The van der Waals surface area contributed by atoms with Crippen LogP contribution >= 0.6 is 23.2 Å². The van der Waals surface area contributed by atoms with E-state index in [1.807, 2.05) is 37.3 Å². The number of aromatic nitrogens is 2. The van der Waals surface area contributed by atoms with Crippen LogP contribution in [0.2, 0.25) is 10.3 Å². The Morgan fingerprint density at radius 1 is 0.974 bits per heavy atom. The summed E-state index contributed by atoms with van der Waals surface area (Å²) >= 11 is 12.4. The summed E-state index contributed by atoms with van der Waals surface area (Å²) < 4.78 is 43.0. The van der Waals surface area contributed by atoms with Gasteiger partial charge in [-0.25, -0.2) is 13.4 Å². The van der Waals surface area contributed by atoms with Gasteiger partial charge in [0.25, 0.3) is 10.0 Å². The number of benzene rings is 3. The summed E-state index contributed by atoms with van der Waals surface area (Å²) in [5.74, 6) is -0.0989. The van der Waals surface area contributed by atoms with Gasteiger partial charge in [-0.15, -0.1) is 0 Å². The molecule has 4 atom stereocenters. The van der Waals surface area contributed by atoms with Gasteiger partial charge in [0.2, 0.25) is 0 Å². The van der Waals surface area contributed by atoms with Gasteiger partial charge >= 0.3 is 0 Å². The van der Waals surface area contributed by atoms with Gasteiger partial charge in [0.15, 0.2) is 11.4 Å². The normalized spacial score (nSPS) is 21.5. The zero-order chi connectivity index (χ0) is 27.6. The number of ether oxygens (including phenoxy) is 2. The molecule has 1 fully saturated rings. The van der Waals surface area contributed by atoms with E-state index in [0.717, 1.165) is 11.1 Å². The third kappa shape index (κ3) is 6.14. The third-order valence-corrected chi connectivity index (χ3v) is 8.86. The highest BCUT2D eigenvalue weighted by Crippen LogP contribution is 2.42. The van der Waals surface area contributed by atoms with Crippen molar-refractivity contribution >= 4 is 38.9 Å². The molecule has 8 nitrogen and oxygen atoms in total. The van der Waals surface area contributed by atoms with E-state index in [4.69, 9.17) is 32.7 Å². The average Bonchev–Trinajstić information content (AvgIpc) is 3.27. The van der Waals surface area contributed by atoms with E-state index >= 15 is 0 Å². The fourth-order valence-corrected chi connectivity index (χ4v) is 5.94. The molecule has 0 unspecified atom stereocenters. The van der Waals surface area contributed by atoms with Gasteiger partial charge in [-0.2, -0.15) is 0 Å². The van der Waals surface area contributed by atoms with Crippen LogP contribution in [0.1, 0.15) is 36.0 Å². The summed E-state index contributed by atoms with van der Waals surface area (Å²) in [6.45, 7) is 2.36. The highest BCUT2D eigenvalue weighted by atomic mass is 35.5. The molecule has 0 saturated carbocycles. The highest BCUT2D eigenvalue weighted by molar-refractivity contribution is 7.92. The first-order valence-electron chi connectivity index (χ1n) is 12.3. The van der Waals surface area contributed by atoms with Gasteiger partial charge in [-0.05, 0) is 35.4 Å². The molecular weight excluding hydrogens is 561 g/mol. The van der Waals surface area contributed by atoms with Crippen LogP contribution in [0, 0.1) is 5.92 Å². The number of aliphatic hydroxyl groups excluding tert-OH is 1. The van der Waals surface area contributed by atoms with Crippen molar-refractivity contribution in [2.75, 3.05) is 4.72 Å². The molecule has 204 valence electrons. The average molecular weight is 589 g/mol. The standard InChI is InChI=1S/C28H27Cl2N3O5S/c1-18-24(15-33-17-31-26(29)27(33)30)37-28(38-25(18)20-12-10-19(16-34)11-13-20)21-6-5-7-22(14-21)32-39(35,36)23-8-3-2-4-9-23/h2-14,17-18,24-25,28,32,34H,15-16H2,1H3/t18-,24+,25+,28+/m0/s1. The molecule has 0 aliphatic carbocycles. The van der Waals surface area contributed by atoms with Gasteiger partial charge in [0.1, 0.15) is 5.15 Å². The highest BCUT2D eigenvalue weighted by Gasteiger charge is 2.39. The van der Waals surface area contributed by atoms with Crippen LogP contribution in [-0.4, -0.2) is 29.2 Å². The zero-order valence-electron chi connectivity index (χ0n) is 20.9. The van der Waals surface area contributed by atoms with Gasteiger partial charge < -0.3 is 19.1 Å². The Labute approximate surface area is 237 Å². The molecule has 2 N–H and O–H groups in total. The van der Waals surface area contributed by atoms with Gasteiger partial charge in [-0.3, -0.25) is 4.72 Å². The van der Waals surface area contributed by atoms with Crippen LogP contribution in [0.3, 0.4) is 0 Å². The lowest BCUT2D eigenvalue weighted by Crippen LogP contribution is -2.39. The second kappa shape index (κ2) is 11.7. The second-order valence-corrected chi connectivity index (χ2v) is 11.7. The summed E-state index contributed by atoms with van der Waals surface area (Å²) in [7, 11) is -3.77. The molecule has 11 heteroatoms. The number of nitrogens with zero attached hydrogens (tertiary/aromatic N) is 2. The summed E-state index contributed by atoms with van der Waals surface area (Å²) in [6, 6.07) is 22.7. The number of halogens is 2. The number of rotatable bonds is 8. The minimum absolute atomic E-state index is 0.0543. The SMILES string of the molecule is C[C@H]1[C@@H](Cn2cnc(Cl)c2Cl)O[C@@H](c2cccc(NS(=O)(=O)c3ccccc3)c2)O[C@H]1c1ccc(CO)cc1. The molecule has 1 saturated heterocycles. The maximum absolute atomic E-state index is 12.9. The molecule has 1 aromatic heterocycles. The van der Waals surface area contributed by atoms with E-state index in [9.17, 15) is 13.5 Å². The van der Waals surface area contributed by atoms with Crippen molar-refractivity contribution < 1.29 is 23.0 Å². The van der Waals surface area contributed by atoms with Crippen LogP contribution in [0.25, 0.3) is 0 Å². The summed E-state index contributed by atoms with van der Waals surface area (Å²) in [6.07, 6.45) is 0.0604. The van der Waals surface area contributed by atoms with E-state index in [1.54, 1.807) is 47.3 Å². The Hall–Kier alpha value is -2.92. The van der Waals surface area contributed by atoms with Crippen molar-refractivity contribution in [2.24, 2.45) is 5.92 Å². The molecule has 5 rings (SSSR count). The Morgan fingerprint density at radius 3 is 2.38 bits per heavy atom. The van der Waals surface area contributed by atoms with Crippen molar-refractivity contribution in [1.29, 1.82) is 0 Å². The molecule has 1 aliphatic heterocycles. The molecule has 4 aromatic rings. The fraction of sp³-hybridized carbons (Fsp3) is 0.250. The maximum Gasteiger partial charge on any atom is 0.261 e. The van der Waals surface area contributed by atoms with Crippen molar-refractivity contribution in [3.63, 3.8) is 0 Å². The van der Waals surface area contributed by atoms with Gasteiger partial charge in [0, 0.05) is 17.2 Å². The largest absolute Gasteiger partial charge is 0.392 e. The number of sulfonamides is 1. The smallest absolute Gasteiger partial charge is 0.261 e. The van der Waals surface area contributed by atoms with Crippen molar-refractivity contribution in [3.8, 4) is 0 Å². The van der Waals surface area contributed by atoms with Crippen LogP contribution in [0.4, 0.5) is 5.69 Å². The molecule has 0 bridgehead atoms. The van der Waals surface area contributed by atoms with Crippen LogP contribution in [-0.2, 0) is 32.6 Å². The van der Waals surface area contributed by atoms with Crippen LogP contribution in [0.5, 0.6) is 0 Å². The van der Waals surface area contributed by atoms with E-state index in [2.05, 4.69) is 9.71 Å². The lowest BCUT2D eigenvalue weighted by molar-refractivity contribution is -0.276. The van der Waals surface area contributed by atoms with Crippen LogP contribution < -0.4 is 4.72 Å². The molecule has 39 heavy (non-hydrogen) atoms. The predicted molar refractivity (Wildman–Crippen MR) is 149 cm³/mol. The molecule has 0 amide bonds. The first-order chi connectivity index (χ1) is 18.7. The minimum atomic E-state index is -3.77. The van der Waals surface area contributed by atoms with E-state index in [0.29, 0.717) is 22.9 Å². The monoisotopic (exact) mass is 587 g/mol. The molecule has 1 aliphatic rings. The Balaban J connectivity index is 1.45. The first-order valence-corrected chi connectivity index (χ1v) is 14.5. The Morgan fingerprint density at radius 2 is 1.72 bits per heavy atom. The second-order valence-electron chi connectivity index (χ2n) is 9.34. The first kappa shape index (κ1) is 27.6. The van der Waals surface area contributed by atoms with Gasteiger partial charge in [-0.1, -0.05) is 84.7 Å². The number of hydrogen-bond acceptors (Lipinski definition) is 6.